The van der Waals surface area contributed by atoms with E-state index in [2.05, 4.69) is 22.5 Å². The van der Waals surface area contributed by atoms with E-state index in [1.807, 2.05) is 6.92 Å². The Bertz CT molecular complexity index is 828. The first-order valence-electron chi connectivity index (χ1n) is 6.86. The van der Waals surface area contributed by atoms with Gasteiger partial charge in [0, 0.05) is 4.47 Å². The summed E-state index contributed by atoms with van der Waals surface area (Å²) < 4.78 is 35.9. The number of allylic oxidation sites excluding steroid dienone is 1. The first kappa shape index (κ1) is 17.6. The van der Waals surface area contributed by atoms with Gasteiger partial charge in [-0.3, -0.25) is 0 Å². The minimum Gasteiger partial charge on any atom is -0.493 e. The molecule has 4 nitrogen and oxygen atoms in total. The lowest BCUT2D eigenvalue weighted by Gasteiger charge is -2.13. The van der Waals surface area contributed by atoms with Crippen molar-refractivity contribution in [3.63, 3.8) is 0 Å². The highest BCUT2D eigenvalue weighted by Crippen LogP contribution is 2.32. The fourth-order valence-electron chi connectivity index (χ4n) is 2.05. The van der Waals surface area contributed by atoms with Crippen LogP contribution in [0.4, 0.5) is 0 Å². The van der Waals surface area contributed by atoms with Gasteiger partial charge in [0.1, 0.15) is 4.90 Å². The standard InChI is InChI=1S/C17H17BrO4S/c1-4-5-13-7-8-15(16(11-13)21-3)22-23(19,20)17-9-6-12(2)10-14(17)18/h4,6-11H,1,5H2,2-3H3. The van der Waals surface area contributed by atoms with Gasteiger partial charge >= 0.3 is 10.1 Å². The Balaban J connectivity index is 2.38. The molecule has 0 saturated heterocycles. The highest BCUT2D eigenvalue weighted by Gasteiger charge is 2.22. The highest BCUT2D eigenvalue weighted by molar-refractivity contribution is 9.10. The molecule has 2 aromatic carbocycles. The van der Waals surface area contributed by atoms with Crippen molar-refractivity contribution < 1.29 is 17.3 Å². The predicted molar refractivity (Wildman–Crippen MR) is 93.6 cm³/mol. The number of methoxy groups -OCH3 is 1. The third-order valence-electron chi connectivity index (χ3n) is 3.16. The summed E-state index contributed by atoms with van der Waals surface area (Å²) in [6.45, 7) is 5.55. The molecule has 23 heavy (non-hydrogen) atoms. The summed E-state index contributed by atoms with van der Waals surface area (Å²) in [7, 11) is -2.50. The van der Waals surface area contributed by atoms with E-state index in [0.29, 0.717) is 16.6 Å². The highest BCUT2D eigenvalue weighted by atomic mass is 79.9. The number of rotatable bonds is 6. The molecule has 122 valence electrons. The Kier molecular flexibility index (Phi) is 5.49. The largest absolute Gasteiger partial charge is 0.493 e. The molecule has 0 bridgehead atoms. The molecule has 0 radical (unpaired) electrons. The Morgan fingerprint density at radius 3 is 2.52 bits per heavy atom. The van der Waals surface area contributed by atoms with Gasteiger partial charge < -0.3 is 8.92 Å². The number of hydrogen-bond acceptors (Lipinski definition) is 4. The van der Waals surface area contributed by atoms with Gasteiger partial charge in [0.15, 0.2) is 11.5 Å². The van der Waals surface area contributed by atoms with Crippen LogP contribution in [0.15, 0.2) is 58.4 Å². The summed E-state index contributed by atoms with van der Waals surface area (Å²) in [5.41, 5.74) is 1.90. The number of ether oxygens (including phenoxy) is 1. The van der Waals surface area contributed by atoms with Crippen LogP contribution in [-0.2, 0) is 16.5 Å². The summed E-state index contributed by atoms with van der Waals surface area (Å²) >= 11 is 3.26. The van der Waals surface area contributed by atoms with Crippen LogP contribution in [0.3, 0.4) is 0 Å². The van der Waals surface area contributed by atoms with Crippen molar-refractivity contribution in [2.75, 3.05) is 7.11 Å². The van der Waals surface area contributed by atoms with Gasteiger partial charge in [-0.25, -0.2) is 0 Å². The Labute approximate surface area is 145 Å². The van der Waals surface area contributed by atoms with E-state index in [1.165, 1.54) is 13.2 Å². The van der Waals surface area contributed by atoms with Crippen LogP contribution >= 0.6 is 15.9 Å². The molecule has 0 N–H and O–H groups in total. The van der Waals surface area contributed by atoms with Gasteiger partial charge in [0.25, 0.3) is 0 Å². The van der Waals surface area contributed by atoms with E-state index in [-0.39, 0.29) is 10.6 Å². The van der Waals surface area contributed by atoms with Crippen LogP contribution in [0.2, 0.25) is 0 Å². The molecule has 0 heterocycles. The molecular weight excluding hydrogens is 380 g/mol. The van der Waals surface area contributed by atoms with Crippen LogP contribution in [0, 0.1) is 6.92 Å². The molecule has 0 amide bonds. The second kappa shape index (κ2) is 7.19. The van der Waals surface area contributed by atoms with Gasteiger partial charge in [-0.1, -0.05) is 18.2 Å². The summed E-state index contributed by atoms with van der Waals surface area (Å²) in [6.07, 6.45) is 2.42. The normalized spacial score (nSPS) is 11.1. The van der Waals surface area contributed by atoms with E-state index < -0.39 is 10.1 Å². The molecule has 0 spiro atoms. The summed E-state index contributed by atoms with van der Waals surface area (Å²) in [6, 6.07) is 10.0. The van der Waals surface area contributed by atoms with Gasteiger partial charge in [-0.05, 0) is 64.7 Å². The monoisotopic (exact) mass is 396 g/mol. The lowest BCUT2D eigenvalue weighted by Crippen LogP contribution is -2.11. The molecule has 0 saturated carbocycles. The average molecular weight is 397 g/mol. The molecule has 0 aliphatic rings. The van der Waals surface area contributed by atoms with Crippen LogP contribution in [0.5, 0.6) is 11.5 Å². The molecule has 0 fully saturated rings. The van der Waals surface area contributed by atoms with Crippen LogP contribution in [0.1, 0.15) is 11.1 Å². The third-order valence-corrected chi connectivity index (χ3v) is 5.38. The number of hydrogen-bond donors (Lipinski definition) is 0. The van der Waals surface area contributed by atoms with Crippen LogP contribution in [-0.4, -0.2) is 15.5 Å². The van der Waals surface area contributed by atoms with Crippen molar-refractivity contribution in [3.8, 4) is 11.5 Å². The maximum absolute atomic E-state index is 12.5. The molecule has 2 aromatic rings. The maximum atomic E-state index is 12.5. The van der Waals surface area contributed by atoms with Crippen molar-refractivity contribution in [2.24, 2.45) is 0 Å². The van der Waals surface area contributed by atoms with Crippen LogP contribution < -0.4 is 8.92 Å². The average Bonchev–Trinajstić information content (AvgIpc) is 2.48. The molecule has 0 aromatic heterocycles. The van der Waals surface area contributed by atoms with Gasteiger partial charge in [-0.15, -0.1) is 6.58 Å². The van der Waals surface area contributed by atoms with Crippen molar-refractivity contribution in [2.45, 2.75) is 18.2 Å². The Morgan fingerprint density at radius 1 is 1.17 bits per heavy atom. The SMILES string of the molecule is C=CCc1ccc(OS(=O)(=O)c2ccc(C)cc2Br)c(OC)c1. The first-order valence-corrected chi connectivity index (χ1v) is 9.06. The Morgan fingerprint density at radius 2 is 1.91 bits per heavy atom. The van der Waals surface area contributed by atoms with Crippen molar-refractivity contribution in [1.29, 1.82) is 0 Å². The fourth-order valence-corrected chi connectivity index (χ4v) is 4.13. The van der Waals surface area contributed by atoms with E-state index in [1.54, 1.807) is 36.4 Å². The minimum atomic E-state index is -3.97. The van der Waals surface area contributed by atoms with Crippen LogP contribution in [0.25, 0.3) is 0 Å². The molecule has 0 aliphatic heterocycles. The second-order valence-electron chi connectivity index (χ2n) is 4.95. The molecule has 0 unspecified atom stereocenters. The quantitative estimate of drug-likeness (QED) is 0.540. The van der Waals surface area contributed by atoms with Gasteiger partial charge in [0.2, 0.25) is 0 Å². The van der Waals surface area contributed by atoms with E-state index >= 15 is 0 Å². The molecule has 6 heteroatoms. The summed E-state index contributed by atoms with van der Waals surface area (Å²) in [5, 5.41) is 0. The van der Waals surface area contributed by atoms with Crippen molar-refractivity contribution in [3.05, 3.63) is 64.7 Å². The maximum Gasteiger partial charge on any atom is 0.340 e. The zero-order valence-corrected chi connectivity index (χ0v) is 15.3. The van der Waals surface area contributed by atoms with Gasteiger partial charge in [-0.2, -0.15) is 8.42 Å². The molecular formula is C17H17BrO4S. The van der Waals surface area contributed by atoms with Crippen molar-refractivity contribution in [1.82, 2.24) is 0 Å². The lowest BCUT2D eigenvalue weighted by atomic mass is 10.1. The Hall–Kier alpha value is -1.79. The number of benzene rings is 2. The molecule has 0 aliphatic carbocycles. The van der Waals surface area contributed by atoms with E-state index in [0.717, 1.165) is 11.1 Å². The second-order valence-corrected chi connectivity index (χ2v) is 7.32. The fraction of sp³-hybridized carbons (Fsp3) is 0.176. The lowest BCUT2D eigenvalue weighted by molar-refractivity contribution is 0.390. The summed E-state index contributed by atoms with van der Waals surface area (Å²) in [5.74, 6) is 0.504. The zero-order chi connectivity index (χ0) is 17.0. The number of halogens is 1. The minimum absolute atomic E-state index is 0.0697. The van der Waals surface area contributed by atoms with E-state index in [9.17, 15) is 8.42 Å². The number of aryl methyl sites for hydroxylation is 1. The molecule has 2 rings (SSSR count). The van der Waals surface area contributed by atoms with Gasteiger partial charge in [0.05, 0.1) is 7.11 Å². The summed E-state index contributed by atoms with van der Waals surface area (Å²) in [4.78, 5) is 0.0697. The third kappa shape index (κ3) is 4.14. The van der Waals surface area contributed by atoms with E-state index in [4.69, 9.17) is 8.92 Å². The molecule has 0 atom stereocenters. The first-order chi connectivity index (χ1) is 10.9. The predicted octanol–water partition coefficient (Wildman–Crippen LogP) is 4.26. The van der Waals surface area contributed by atoms with Crippen molar-refractivity contribution >= 4 is 26.0 Å². The zero-order valence-electron chi connectivity index (χ0n) is 12.9. The smallest absolute Gasteiger partial charge is 0.340 e. The topological polar surface area (TPSA) is 52.6 Å².